The fourth-order valence-corrected chi connectivity index (χ4v) is 4.38. The van der Waals surface area contributed by atoms with Crippen molar-refractivity contribution in [3.8, 4) is 0 Å². The van der Waals surface area contributed by atoms with Crippen molar-refractivity contribution in [1.82, 2.24) is 0 Å². The van der Waals surface area contributed by atoms with E-state index in [1.165, 1.54) is 10.4 Å². The van der Waals surface area contributed by atoms with Crippen LogP contribution in [0.5, 0.6) is 0 Å². The second-order valence-corrected chi connectivity index (χ2v) is 7.60. The summed E-state index contributed by atoms with van der Waals surface area (Å²) in [4.78, 5) is 0. The molecule has 2 rings (SSSR count). The van der Waals surface area contributed by atoms with Gasteiger partial charge < -0.3 is 4.43 Å². The molecule has 16 heavy (non-hydrogen) atoms. The first-order chi connectivity index (χ1) is 7.77. The van der Waals surface area contributed by atoms with Gasteiger partial charge in [-0.1, -0.05) is 60.7 Å². The Morgan fingerprint density at radius 2 is 1.12 bits per heavy atom. The molecule has 2 heteroatoms. The van der Waals surface area contributed by atoms with E-state index in [1.54, 1.807) is 0 Å². The lowest BCUT2D eigenvalue weighted by Gasteiger charge is -2.40. The molecule has 0 saturated carbocycles. The lowest BCUT2D eigenvalue weighted by molar-refractivity contribution is 0.421. The van der Waals surface area contributed by atoms with Crippen LogP contribution < -0.4 is 10.4 Å². The molecular formula is C14H16OSi-. The number of rotatable bonds is 3. The van der Waals surface area contributed by atoms with Crippen molar-refractivity contribution in [2.75, 3.05) is 7.11 Å². The number of benzene rings is 2. The Kier molecular flexibility index (Phi) is 3.22. The van der Waals surface area contributed by atoms with E-state index < -0.39 is 8.32 Å². The Bertz CT molecular complexity index is 399. The fourth-order valence-electron chi connectivity index (χ4n) is 1.91. The van der Waals surface area contributed by atoms with E-state index in [9.17, 15) is 0 Å². The SMILES string of the molecule is CO[Si-](C)(c1ccccc1)c1ccccc1. The molecule has 0 radical (unpaired) electrons. The summed E-state index contributed by atoms with van der Waals surface area (Å²) in [5, 5.41) is 2.62. The maximum absolute atomic E-state index is 5.85. The maximum atomic E-state index is 5.85. The van der Waals surface area contributed by atoms with Gasteiger partial charge in [0.2, 0.25) is 0 Å². The molecule has 0 aliphatic heterocycles. The summed E-state index contributed by atoms with van der Waals surface area (Å²) >= 11 is 0. The van der Waals surface area contributed by atoms with Crippen molar-refractivity contribution < 1.29 is 4.43 Å². The third-order valence-corrected chi connectivity index (χ3v) is 6.74. The van der Waals surface area contributed by atoms with Crippen LogP contribution in [0.4, 0.5) is 0 Å². The zero-order chi connectivity index (χ0) is 11.4. The van der Waals surface area contributed by atoms with Crippen molar-refractivity contribution in [2.24, 2.45) is 0 Å². The van der Waals surface area contributed by atoms with Gasteiger partial charge in [-0.3, -0.25) is 0 Å². The monoisotopic (exact) mass is 228 g/mol. The van der Waals surface area contributed by atoms with Gasteiger partial charge in [-0.05, 0) is 7.11 Å². The normalized spacial score (nSPS) is 11.4. The van der Waals surface area contributed by atoms with E-state index in [0.29, 0.717) is 0 Å². The van der Waals surface area contributed by atoms with E-state index in [4.69, 9.17) is 4.43 Å². The van der Waals surface area contributed by atoms with Crippen LogP contribution in [0.25, 0.3) is 0 Å². The van der Waals surface area contributed by atoms with Crippen molar-refractivity contribution >= 4 is 18.7 Å². The lowest BCUT2D eigenvalue weighted by atomic mass is 10.4. The second-order valence-electron chi connectivity index (χ2n) is 3.97. The van der Waals surface area contributed by atoms with E-state index in [-0.39, 0.29) is 0 Å². The summed E-state index contributed by atoms with van der Waals surface area (Å²) in [6.45, 7) is 2.23. The van der Waals surface area contributed by atoms with Gasteiger partial charge in [-0.15, -0.1) is 6.55 Å². The highest BCUT2D eigenvalue weighted by Crippen LogP contribution is 2.05. The standard InChI is InChI=1S/C14H16OSi/c1-15-16(2,13-9-5-3-6-10-13)14-11-7-4-8-12-14/h3-12H,1-2H3/q-1. The zero-order valence-corrected chi connectivity index (χ0v) is 10.7. The molecule has 0 N–H and O–H groups in total. The Balaban J connectivity index is 2.49. The molecule has 0 aliphatic rings. The summed E-state index contributed by atoms with van der Waals surface area (Å²) in [5.74, 6) is 0. The summed E-state index contributed by atoms with van der Waals surface area (Å²) < 4.78 is 5.85. The topological polar surface area (TPSA) is 9.23 Å². The van der Waals surface area contributed by atoms with Crippen molar-refractivity contribution in [3.63, 3.8) is 0 Å². The Morgan fingerprint density at radius 3 is 1.44 bits per heavy atom. The predicted molar refractivity (Wildman–Crippen MR) is 70.8 cm³/mol. The van der Waals surface area contributed by atoms with Gasteiger partial charge in [0.25, 0.3) is 0 Å². The van der Waals surface area contributed by atoms with E-state index >= 15 is 0 Å². The minimum atomic E-state index is -1.98. The van der Waals surface area contributed by atoms with Crippen LogP contribution >= 0.6 is 0 Å². The van der Waals surface area contributed by atoms with E-state index in [1.807, 2.05) is 19.2 Å². The minimum Gasteiger partial charge on any atom is -0.561 e. The first-order valence-corrected chi connectivity index (χ1v) is 7.84. The zero-order valence-electron chi connectivity index (χ0n) is 9.68. The highest BCUT2D eigenvalue weighted by Gasteiger charge is 2.17. The summed E-state index contributed by atoms with van der Waals surface area (Å²) in [5.41, 5.74) is 0. The third kappa shape index (κ3) is 1.94. The van der Waals surface area contributed by atoms with Gasteiger partial charge in [0.1, 0.15) is 0 Å². The molecular weight excluding hydrogens is 212 g/mol. The third-order valence-electron chi connectivity index (χ3n) is 3.06. The van der Waals surface area contributed by atoms with Gasteiger partial charge in [0.15, 0.2) is 0 Å². The Morgan fingerprint density at radius 1 is 0.750 bits per heavy atom. The smallest absolute Gasteiger partial charge is 0.0424 e. The molecule has 2 aromatic carbocycles. The van der Waals surface area contributed by atoms with Crippen LogP contribution in [-0.4, -0.2) is 15.4 Å². The van der Waals surface area contributed by atoms with Crippen molar-refractivity contribution in [1.29, 1.82) is 0 Å². The predicted octanol–water partition coefficient (Wildman–Crippen LogP) is 2.02. The highest BCUT2D eigenvalue weighted by molar-refractivity contribution is 6.96. The first-order valence-electron chi connectivity index (χ1n) is 5.43. The molecule has 0 saturated heterocycles. The molecule has 0 atom stereocenters. The minimum absolute atomic E-state index is 1.31. The molecule has 1 nitrogen and oxygen atoms in total. The van der Waals surface area contributed by atoms with Crippen molar-refractivity contribution in [2.45, 2.75) is 6.55 Å². The Hall–Kier alpha value is -1.38. The summed E-state index contributed by atoms with van der Waals surface area (Å²) in [7, 11) is -0.164. The molecule has 0 aliphatic carbocycles. The van der Waals surface area contributed by atoms with E-state index in [2.05, 4.69) is 55.1 Å². The molecule has 0 amide bonds. The largest absolute Gasteiger partial charge is 0.561 e. The summed E-state index contributed by atoms with van der Waals surface area (Å²) in [6, 6.07) is 21.0. The Labute approximate surface area is 97.8 Å². The lowest BCUT2D eigenvalue weighted by Crippen LogP contribution is -2.57. The maximum Gasteiger partial charge on any atom is 0.0424 e. The van der Waals surface area contributed by atoms with Gasteiger partial charge in [-0.2, -0.15) is 10.4 Å². The molecule has 0 fully saturated rings. The van der Waals surface area contributed by atoms with Gasteiger partial charge in [0, 0.05) is 8.32 Å². The van der Waals surface area contributed by atoms with Crippen LogP contribution in [-0.2, 0) is 4.43 Å². The van der Waals surface area contributed by atoms with Crippen LogP contribution in [0.3, 0.4) is 0 Å². The molecule has 0 spiro atoms. The first kappa shape index (κ1) is 11.1. The van der Waals surface area contributed by atoms with E-state index in [0.717, 1.165) is 0 Å². The average Bonchev–Trinajstić information content (AvgIpc) is 2.40. The molecule has 2 aromatic rings. The van der Waals surface area contributed by atoms with Crippen molar-refractivity contribution in [3.05, 3.63) is 60.7 Å². The average molecular weight is 228 g/mol. The quantitative estimate of drug-likeness (QED) is 0.730. The van der Waals surface area contributed by atoms with Gasteiger partial charge in [-0.25, -0.2) is 0 Å². The number of hydrogen-bond acceptors (Lipinski definition) is 1. The highest BCUT2D eigenvalue weighted by atomic mass is 28.4. The second kappa shape index (κ2) is 4.64. The molecule has 0 unspecified atom stereocenters. The molecule has 83 valence electrons. The fraction of sp³-hybridized carbons (Fsp3) is 0.143. The van der Waals surface area contributed by atoms with Crippen LogP contribution in [0, 0.1) is 0 Å². The molecule has 0 aromatic heterocycles. The molecule has 0 heterocycles. The van der Waals surface area contributed by atoms with Gasteiger partial charge >= 0.3 is 0 Å². The van der Waals surface area contributed by atoms with Crippen LogP contribution in [0.2, 0.25) is 6.55 Å². The van der Waals surface area contributed by atoms with Crippen LogP contribution in [0.15, 0.2) is 60.7 Å². The number of hydrogen-bond donors (Lipinski definition) is 0. The molecule has 0 bridgehead atoms. The van der Waals surface area contributed by atoms with Crippen LogP contribution in [0.1, 0.15) is 0 Å². The summed E-state index contributed by atoms with van der Waals surface area (Å²) in [6.07, 6.45) is 0. The van der Waals surface area contributed by atoms with Gasteiger partial charge in [0.05, 0.1) is 0 Å².